The molecule has 0 bridgehead atoms. The Bertz CT molecular complexity index is 4120. The molecule has 15 rings (SSSR count). The van der Waals surface area contributed by atoms with Crippen molar-refractivity contribution in [2.75, 3.05) is 4.90 Å². The molecule has 1 heterocycles. The third-order valence-electron chi connectivity index (χ3n) is 17.0. The molecular weight excluding hydrogens is 876 g/mol. The maximum atomic E-state index is 13.9. The molecule has 3 heteroatoms. The van der Waals surface area contributed by atoms with Crippen LogP contribution < -0.4 is 4.90 Å². The van der Waals surface area contributed by atoms with E-state index in [4.69, 9.17) is 0 Å². The topological polar surface area (TPSA) is 8.17 Å². The minimum absolute atomic E-state index is 0.114. The van der Waals surface area contributed by atoms with Gasteiger partial charge < -0.3 is 9.47 Å². The molecular formula is C69H49FN2. The van der Waals surface area contributed by atoms with Crippen molar-refractivity contribution in [1.29, 1.82) is 0 Å². The molecule has 1 aromatic heterocycles. The maximum Gasteiger partial charge on any atom is 0.123 e. The lowest BCUT2D eigenvalue weighted by Crippen LogP contribution is -2.25. The Labute approximate surface area is 419 Å². The van der Waals surface area contributed by atoms with E-state index in [1.807, 2.05) is 12.1 Å². The van der Waals surface area contributed by atoms with Gasteiger partial charge in [-0.2, -0.15) is 0 Å². The predicted molar refractivity (Wildman–Crippen MR) is 296 cm³/mol. The Morgan fingerprint density at radius 2 is 0.806 bits per heavy atom. The summed E-state index contributed by atoms with van der Waals surface area (Å²) in [4.78, 5) is 2.51. The van der Waals surface area contributed by atoms with E-state index in [0.717, 1.165) is 44.9 Å². The van der Waals surface area contributed by atoms with Crippen molar-refractivity contribution >= 4 is 50.0 Å². The van der Waals surface area contributed by atoms with Gasteiger partial charge in [-0.15, -0.1) is 0 Å². The summed E-state index contributed by atoms with van der Waals surface area (Å²) in [6, 6.07) is 81.9. The highest BCUT2D eigenvalue weighted by atomic mass is 19.1. The Morgan fingerprint density at radius 3 is 1.47 bits per heavy atom. The van der Waals surface area contributed by atoms with Gasteiger partial charge in [0.15, 0.2) is 0 Å². The highest BCUT2D eigenvalue weighted by molar-refractivity contribution is 6.12. The summed E-state index contributed by atoms with van der Waals surface area (Å²) in [5.74, 6) is -0.231. The fourth-order valence-corrected chi connectivity index (χ4v) is 14.0. The first-order chi connectivity index (χ1) is 35.1. The largest absolute Gasteiger partial charge is 0.310 e. The van der Waals surface area contributed by atoms with Crippen molar-refractivity contribution in [2.45, 2.75) is 43.9 Å². The normalized spacial score (nSPS) is 15.6. The Balaban J connectivity index is 0.940. The van der Waals surface area contributed by atoms with E-state index >= 15 is 0 Å². The molecule has 10 aromatic carbocycles. The molecule has 0 saturated carbocycles. The Morgan fingerprint density at radius 1 is 0.347 bits per heavy atom. The smallest absolute Gasteiger partial charge is 0.123 e. The van der Waals surface area contributed by atoms with E-state index < -0.39 is 5.41 Å². The van der Waals surface area contributed by atoms with Gasteiger partial charge in [0.2, 0.25) is 0 Å². The number of fused-ring (bicyclic) bond motifs is 17. The number of anilines is 3. The van der Waals surface area contributed by atoms with Crippen LogP contribution in [0.2, 0.25) is 0 Å². The average Bonchev–Trinajstić information content (AvgIpc) is 4.14. The van der Waals surface area contributed by atoms with Gasteiger partial charge in [-0.3, -0.25) is 0 Å². The monoisotopic (exact) mass is 924 g/mol. The molecule has 0 unspecified atom stereocenters. The lowest BCUT2D eigenvalue weighted by molar-refractivity contribution is 0.628. The quantitative estimate of drug-likeness (QED) is 0.167. The van der Waals surface area contributed by atoms with Crippen molar-refractivity contribution < 1.29 is 4.39 Å². The van der Waals surface area contributed by atoms with Crippen LogP contribution >= 0.6 is 0 Å². The second kappa shape index (κ2) is 14.5. The summed E-state index contributed by atoms with van der Waals surface area (Å²) >= 11 is 0. The maximum absolute atomic E-state index is 13.9. The minimum Gasteiger partial charge on any atom is -0.310 e. The molecule has 342 valence electrons. The lowest BCUT2D eigenvalue weighted by atomic mass is 9.70. The summed E-state index contributed by atoms with van der Waals surface area (Å²) < 4.78 is 16.2. The van der Waals surface area contributed by atoms with Crippen LogP contribution in [0.4, 0.5) is 21.5 Å². The number of allylic oxidation sites excluding steroid dienone is 2. The van der Waals surface area contributed by atoms with Crippen molar-refractivity contribution in [3.63, 3.8) is 0 Å². The van der Waals surface area contributed by atoms with Crippen LogP contribution in [0.5, 0.6) is 0 Å². The molecule has 0 saturated heterocycles. The van der Waals surface area contributed by atoms with Crippen molar-refractivity contribution in [3.05, 3.63) is 275 Å². The van der Waals surface area contributed by atoms with Gasteiger partial charge in [-0.05, 0) is 162 Å². The highest BCUT2D eigenvalue weighted by Crippen LogP contribution is 2.65. The molecule has 11 aromatic rings. The molecule has 4 aliphatic rings. The summed E-state index contributed by atoms with van der Waals surface area (Å²) in [5, 5.41) is 2.37. The Kier molecular flexibility index (Phi) is 8.33. The second-order valence-electron chi connectivity index (χ2n) is 21.3. The van der Waals surface area contributed by atoms with Crippen LogP contribution in [-0.4, -0.2) is 4.57 Å². The van der Waals surface area contributed by atoms with Crippen LogP contribution in [0.3, 0.4) is 0 Å². The summed E-state index contributed by atoms with van der Waals surface area (Å²) in [5.41, 5.74) is 26.9. The van der Waals surface area contributed by atoms with Gasteiger partial charge in [0, 0.05) is 44.4 Å². The minimum atomic E-state index is -0.423. The lowest BCUT2D eigenvalue weighted by Gasteiger charge is -2.32. The first-order valence-electron chi connectivity index (χ1n) is 25.3. The van der Waals surface area contributed by atoms with E-state index in [1.54, 1.807) is 0 Å². The summed E-state index contributed by atoms with van der Waals surface area (Å²) in [7, 11) is 0. The standard InChI is InChI=1S/C69H49FN2/c1-67(2)57-20-10-8-19-53(57)65-66(67)54-36-33-48(41-62(54)68(65,3)4)71(46-34-37-61-55(39-46)51-17-7-13-23-60(51)69(61)58-21-11-5-15-49(58)50-16-6-12-22-59(50)69)47-35-38-64-56(40-47)52-18-9-14-24-63(52)72(64)45-31-27-43(28-32-45)42-25-29-44(70)30-26-42/h5-41H,1-4H3. The zero-order valence-corrected chi connectivity index (χ0v) is 40.6. The molecule has 0 atom stereocenters. The SMILES string of the molecule is CC1(C)C2=C(c3ccccc31)C(C)(C)c1cc(N(c3ccc4c(c3)-c3ccccc3C43c4ccccc4-c4ccccc43)c3ccc4c(c3)c3ccccc3n4-c3ccc(-c4ccc(F)cc4)cc3)ccc12. The molecule has 0 aliphatic heterocycles. The van der Waals surface area contributed by atoms with Gasteiger partial charge in [-0.1, -0.05) is 179 Å². The van der Waals surface area contributed by atoms with E-state index in [-0.39, 0.29) is 16.6 Å². The van der Waals surface area contributed by atoms with Crippen molar-refractivity contribution in [2.24, 2.45) is 0 Å². The zero-order chi connectivity index (χ0) is 48.3. The fourth-order valence-electron chi connectivity index (χ4n) is 14.0. The number of benzene rings is 10. The van der Waals surface area contributed by atoms with Gasteiger partial charge in [0.25, 0.3) is 0 Å². The number of halogens is 1. The van der Waals surface area contributed by atoms with Crippen LogP contribution in [0.1, 0.15) is 72.2 Å². The predicted octanol–water partition coefficient (Wildman–Crippen LogP) is 17.9. The van der Waals surface area contributed by atoms with Crippen LogP contribution in [0, 0.1) is 5.82 Å². The molecule has 72 heavy (non-hydrogen) atoms. The number of hydrogen-bond donors (Lipinski definition) is 0. The third-order valence-corrected chi connectivity index (χ3v) is 17.0. The van der Waals surface area contributed by atoms with E-state index in [0.29, 0.717) is 0 Å². The molecule has 0 amide bonds. The second-order valence-corrected chi connectivity index (χ2v) is 21.3. The molecule has 4 aliphatic carbocycles. The van der Waals surface area contributed by atoms with Crippen LogP contribution in [-0.2, 0) is 16.2 Å². The number of para-hydroxylation sites is 1. The van der Waals surface area contributed by atoms with E-state index in [1.165, 1.54) is 101 Å². The van der Waals surface area contributed by atoms with Gasteiger partial charge in [0.05, 0.1) is 16.4 Å². The molecule has 0 radical (unpaired) electrons. The summed E-state index contributed by atoms with van der Waals surface area (Å²) in [6.07, 6.45) is 0. The number of rotatable bonds is 5. The van der Waals surface area contributed by atoms with E-state index in [2.05, 4.69) is 237 Å². The first kappa shape index (κ1) is 41.3. The molecule has 2 nitrogen and oxygen atoms in total. The fraction of sp³-hybridized carbons (Fsp3) is 0.101. The number of hydrogen-bond acceptors (Lipinski definition) is 1. The van der Waals surface area contributed by atoms with Gasteiger partial charge in [-0.25, -0.2) is 4.39 Å². The Hall–Kier alpha value is -8.53. The molecule has 0 N–H and O–H groups in total. The number of aromatic nitrogens is 1. The zero-order valence-electron chi connectivity index (χ0n) is 40.6. The molecule has 1 spiro atoms. The average molecular weight is 925 g/mol. The highest BCUT2D eigenvalue weighted by Gasteiger charge is 2.52. The summed E-state index contributed by atoms with van der Waals surface area (Å²) in [6.45, 7) is 9.66. The van der Waals surface area contributed by atoms with E-state index in [9.17, 15) is 4.39 Å². The van der Waals surface area contributed by atoms with Crippen molar-refractivity contribution in [1.82, 2.24) is 4.57 Å². The third kappa shape index (κ3) is 5.32. The van der Waals surface area contributed by atoms with Crippen LogP contribution in [0.25, 0.3) is 72.0 Å². The van der Waals surface area contributed by atoms with Gasteiger partial charge >= 0.3 is 0 Å². The number of nitrogens with zero attached hydrogens (tertiary/aromatic N) is 2. The van der Waals surface area contributed by atoms with Crippen molar-refractivity contribution in [3.8, 4) is 39.1 Å². The first-order valence-corrected chi connectivity index (χ1v) is 25.3. The van der Waals surface area contributed by atoms with Crippen LogP contribution in [0.15, 0.2) is 224 Å². The molecule has 0 fully saturated rings. The van der Waals surface area contributed by atoms with Gasteiger partial charge in [0.1, 0.15) is 5.82 Å².